The molecule has 1 amide bonds. The van der Waals surface area contributed by atoms with Gasteiger partial charge < -0.3 is 24.4 Å². The number of halogens is 2. The van der Waals surface area contributed by atoms with Crippen molar-refractivity contribution in [1.29, 1.82) is 0 Å². The Hall–Kier alpha value is -3.90. The topological polar surface area (TPSA) is 106 Å². The summed E-state index contributed by atoms with van der Waals surface area (Å²) in [6.07, 6.45) is 0. The molecule has 2 N–H and O–H groups in total. The van der Waals surface area contributed by atoms with Crippen LogP contribution in [0.2, 0.25) is 0 Å². The highest BCUT2D eigenvalue weighted by Gasteiger charge is 2.22. The third kappa shape index (κ3) is 6.66. The summed E-state index contributed by atoms with van der Waals surface area (Å²) in [6.45, 7) is -1.02. The number of ether oxygens (including phenoxy) is 3. The number of hydrogen-bond donors (Lipinski definition) is 2. The van der Waals surface area contributed by atoms with Crippen LogP contribution in [0.5, 0.6) is 11.5 Å². The van der Waals surface area contributed by atoms with Crippen molar-refractivity contribution in [2.45, 2.75) is 11.5 Å². The fourth-order valence-corrected chi connectivity index (χ4v) is 4.83. The second kappa shape index (κ2) is 11.4. The maximum absolute atomic E-state index is 13.1. The van der Waals surface area contributed by atoms with Gasteiger partial charge in [0.2, 0.25) is 0 Å². The Balaban J connectivity index is 1.64. The van der Waals surface area contributed by atoms with Gasteiger partial charge in [-0.15, -0.1) is 0 Å². The minimum atomic E-state index is -4.01. The Morgan fingerprint density at radius 1 is 1.00 bits per heavy atom. The van der Waals surface area contributed by atoms with Crippen LogP contribution in [0.4, 0.5) is 25.8 Å². The molecule has 1 aliphatic heterocycles. The lowest BCUT2D eigenvalue weighted by molar-refractivity contribution is -0.0498. The van der Waals surface area contributed by atoms with Crippen molar-refractivity contribution in [2.75, 3.05) is 48.4 Å². The molecular weight excluding hydrogens is 508 g/mol. The van der Waals surface area contributed by atoms with Crippen molar-refractivity contribution in [3.05, 3.63) is 72.3 Å². The van der Waals surface area contributed by atoms with Crippen molar-refractivity contribution in [2.24, 2.45) is 0 Å². The maximum atomic E-state index is 13.1. The summed E-state index contributed by atoms with van der Waals surface area (Å²) in [5.41, 5.74) is 1.24. The van der Waals surface area contributed by atoms with Gasteiger partial charge in [-0.2, -0.15) is 8.78 Å². The Kier molecular flexibility index (Phi) is 8.09. The summed E-state index contributed by atoms with van der Waals surface area (Å²) in [6, 6.07) is 16.1. The Bertz CT molecular complexity index is 1350. The van der Waals surface area contributed by atoms with E-state index in [0.29, 0.717) is 43.4 Å². The molecule has 9 nitrogen and oxygen atoms in total. The maximum Gasteiger partial charge on any atom is 0.387 e. The lowest BCUT2D eigenvalue weighted by atomic mass is 10.1. The second-order valence-electron chi connectivity index (χ2n) is 7.97. The van der Waals surface area contributed by atoms with E-state index in [1.54, 1.807) is 30.3 Å². The molecule has 37 heavy (non-hydrogen) atoms. The van der Waals surface area contributed by atoms with E-state index in [9.17, 15) is 22.0 Å². The van der Waals surface area contributed by atoms with Gasteiger partial charge in [-0.25, -0.2) is 8.42 Å². The van der Waals surface area contributed by atoms with Crippen LogP contribution in [-0.2, 0) is 14.8 Å². The SMILES string of the molecule is COc1ccc(NS(=O)(=O)c2ccc(N3CCOCC3)c(NC(=O)c3cccc(OC(F)F)c3)c2)cc1. The first-order valence-electron chi connectivity index (χ1n) is 11.2. The van der Waals surface area contributed by atoms with Crippen molar-refractivity contribution in [1.82, 2.24) is 0 Å². The number of nitrogens with zero attached hydrogens (tertiary/aromatic N) is 1. The van der Waals surface area contributed by atoms with Crippen molar-refractivity contribution in [3.8, 4) is 11.5 Å². The Labute approximate surface area is 213 Å². The van der Waals surface area contributed by atoms with E-state index in [2.05, 4.69) is 14.8 Å². The number of nitrogens with one attached hydrogen (secondary N) is 2. The zero-order chi connectivity index (χ0) is 26.4. The first-order valence-corrected chi connectivity index (χ1v) is 12.7. The van der Waals surface area contributed by atoms with E-state index < -0.39 is 22.5 Å². The molecule has 1 fully saturated rings. The number of hydrogen-bond acceptors (Lipinski definition) is 7. The van der Waals surface area contributed by atoms with Gasteiger partial charge in [0.1, 0.15) is 11.5 Å². The molecule has 1 saturated heterocycles. The van der Waals surface area contributed by atoms with E-state index in [1.165, 1.54) is 43.5 Å². The quantitative estimate of drug-likeness (QED) is 0.425. The highest BCUT2D eigenvalue weighted by atomic mass is 32.2. The van der Waals surface area contributed by atoms with Gasteiger partial charge in [-0.05, 0) is 60.7 Å². The van der Waals surface area contributed by atoms with Crippen LogP contribution in [0.25, 0.3) is 0 Å². The number of amides is 1. The number of alkyl halides is 2. The summed E-state index contributed by atoms with van der Waals surface area (Å²) in [5, 5.41) is 2.72. The summed E-state index contributed by atoms with van der Waals surface area (Å²) in [7, 11) is -2.51. The highest BCUT2D eigenvalue weighted by molar-refractivity contribution is 7.92. The van der Waals surface area contributed by atoms with Crippen molar-refractivity contribution in [3.63, 3.8) is 0 Å². The van der Waals surface area contributed by atoms with Gasteiger partial charge in [0.05, 0.1) is 36.6 Å². The van der Waals surface area contributed by atoms with Crippen molar-refractivity contribution < 1.29 is 36.2 Å². The molecule has 0 unspecified atom stereocenters. The molecule has 1 heterocycles. The zero-order valence-corrected chi connectivity index (χ0v) is 20.6. The molecule has 12 heteroatoms. The second-order valence-corrected chi connectivity index (χ2v) is 9.66. The zero-order valence-electron chi connectivity index (χ0n) is 19.8. The highest BCUT2D eigenvalue weighted by Crippen LogP contribution is 2.31. The first-order chi connectivity index (χ1) is 17.7. The van der Waals surface area contributed by atoms with Gasteiger partial charge in [0, 0.05) is 24.3 Å². The third-order valence-electron chi connectivity index (χ3n) is 5.54. The molecule has 0 spiro atoms. The average Bonchev–Trinajstić information content (AvgIpc) is 2.89. The largest absolute Gasteiger partial charge is 0.497 e. The van der Waals surface area contributed by atoms with Crippen LogP contribution in [0.15, 0.2) is 71.6 Å². The number of carbonyl (C=O) groups is 1. The van der Waals surface area contributed by atoms with Crippen LogP contribution in [0, 0.1) is 0 Å². The molecular formula is C25H25F2N3O6S. The van der Waals surface area contributed by atoms with Crippen molar-refractivity contribution >= 4 is 33.0 Å². The number of rotatable bonds is 9. The van der Waals surface area contributed by atoms with Gasteiger partial charge in [-0.1, -0.05) is 6.07 Å². The third-order valence-corrected chi connectivity index (χ3v) is 6.92. The lowest BCUT2D eigenvalue weighted by Crippen LogP contribution is -2.36. The normalized spacial score (nSPS) is 13.8. The molecule has 196 valence electrons. The van der Waals surface area contributed by atoms with E-state index in [4.69, 9.17) is 9.47 Å². The van der Waals surface area contributed by atoms with E-state index >= 15 is 0 Å². The fraction of sp³-hybridized carbons (Fsp3) is 0.240. The summed E-state index contributed by atoms with van der Waals surface area (Å²) in [5.74, 6) is -0.214. The van der Waals surface area contributed by atoms with Gasteiger partial charge >= 0.3 is 6.61 Å². The van der Waals surface area contributed by atoms with Crippen LogP contribution >= 0.6 is 0 Å². The number of benzene rings is 3. The molecule has 4 rings (SSSR count). The van der Waals surface area contributed by atoms with Gasteiger partial charge in [0.15, 0.2) is 0 Å². The molecule has 3 aromatic rings. The summed E-state index contributed by atoms with van der Waals surface area (Å²) >= 11 is 0. The molecule has 0 atom stereocenters. The van der Waals surface area contributed by atoms with Gasteiger partial charge in [-0.3, -0.25) is 9.52 Å². The fourth-order valence-electron chi connectivity index (χ4n) is 3.74. The smallest absolute Gasteiger partial charge is 0.387 e. The number of morpholine rings is 1. The van der Waals surface area contributed by atoms with Crippen LogP contribution in [0.1, 0.15) is 10.4 Å². The number of anilines is 3. The van der Waals surface area contributed by atoms with Gasteiger partial charge in [0.25, 0.3) is 15.9 Å². The molecule has 0 bridgehead atoms. The molecule has 0 aromatic heterocycles. The first kappa shape index (κ1) is 26.2. The monoisotopic (exact) mass is 533 g/mol. The Morgan fingerprint density at radius 2 is 1.73 bits per heavy atom. The minimum absolute atomic E-state index is 0.0655. The van der Waals surface area contributed by atoms with E-state index in [-0.39, 0.29) is 21.9 Å². The molecule has 1 aliphatic rings. The number of carbonyl (C=O) groups excluding carboxylic acids is 1. The summed E-state index contributed by atoms with van der Waals surface area (Å²) in [4.78, 5) is 14.9. The lowest BCUT2D eigenvalue weighted by Gasteiger charge is -2.30. The number of methoxy groups -OCH3 is 1. The molecule has 0 aliphatic carbocycles. The van der Waals surface area contributed by atoms with Crippen LogP contribution < -0.4 is 24.4 Å². The molecule has 0 radical (unpaired) electrons. The Morgan fingerprint density at radius 3 is 2.41 bits per heavy atom. The number of sulfonamides is 1. The molecule has 0 saturated carbocycles. The summed E-state index contributed by atoms with van der Waals surface area (Å²) < 4.78 is 68.8. The standard InChI is InChI=1S/C25H25F2N3O6S/c1-34-19-7-5-18(6-8-19)29-37(32,33)21-9-10-23(30-11-13-35-14-12-30)22(16-21)28-24(31)17-3-2-4-20(15-17)36-25(26)27/h2-10,15-16,25,29H,11-14H2,1H3,(H,28,31). The minimum Gasteiger partial charge on any atom is -0.497 e. The molecule has 3 aromatic carbocycles. The predicted molar refractivity (Wildman–Crippen MR) is 134 cm³/mol. The van der Waals surface area contributed by atoms with Crippen LogP contribution in [-0.4, -0.2) is 54.3 Å². The predicted octanol–water partition coefficient (Wildman–Crippen LogP) is 4.19. The van der Waals surface area contributed by atoms with Crippen LogP contribution in [0.3, 0.4) is 0 Å². The van der Waals surface area contributed by atoms with E-state index in [0.717, 1.165) is 0 Å². The average molecular weight is 534 g/mol. The van der Waals surface area contributed by atoms with E-state index in [1.807, 2.05) is 4.90 Å².